The van der Waals surface area contributed by atoms with Crippen molar-refractivity contribution in [1.82, 2.24) is 14.7 Å². The number of benzene rings is 1. The standard InChI is InChI=1S/C16H15N3O/c1-12-2-4-13(5-3-12)10-18-16(20)14-6-7-15-17-8-9-19(15)11-14/h2-9,11H,10H2,1H3,(H,18,20). The number of nitrogens with zero attached hydrogens (tertiary/aromatic N) is 2. The van der Waals surface area contributed by atoms with Crippen LogP contribution in [0, 0.1) is 6.92 Å². The predicted molar refractivity (Wildman–Crippen MR) is 77.5 cm³/mol. The summed E-state index contributed by atoms with van der Waals surface area (Å²) in [4.78, 5) is 16.3. The third-order valence-corrected chi connectivity index (χ3v) is 3.22. The number of aryl methyl sites for hydroxylation is 1. The summed E-state index contributed by atoms with van der Waals surface area (Å²) in [6.45, 7) is 2.57. The molecule has 0 radical (unpaired) electrons. The van der Waals surface area contributed by atoms with Crippen LogP contribution in [0.3, 0.4) is 0 Å². The molecule has 0 spiro atoms. The van der Waals surface area contributed by atoms with Crippen molar-refractivity contribution in [3.8, 4) is 0 Å². The molecule has 20 heavy (non-hydrogen) atoms. The van der Waals surface area contributed by atoms with Crippen LogP contribution >= 0.6 is 0 Å². The molecule has 1 N–H and O–H groups in total. The van der Waals surface area contributed by atoms with Crippen LogP contribution in [0.1, 0.15) is 21.5 Å². The molecule has 0 aliphatic rings. The summed E-state index contributed by atoms with van der Waals surface area (Å²) in [5.74, 6) is -0.0822. The van der Waals surface area contributed by atoms with Gasteiger partial charge in [-0.3, -0.25) is 4.79 Å². The third-order valence-electron chi connectivity index (χ3n) is 3.22. The van der Waals surface area contributed by atoms with E-state index in [2.05, 4.69) is 10.3 Å². The third kappa shape index (κ3) is 2.54. The van der Waals surface area contributed by atoms with Gasteiger partial charge in [-0.2, -0.15) is 0 Å². The second-order valence-corrected chi connectivity index (χ2v) is 4.78. The number of fused-ring (bicyclic) bond motifs is 1. The fourth-order valence-corrected chi connectivity index (χ4v) is 2.04. The lowest BCUT2D eigenvalue weighted by Crippen LogP contribution is -2.23. The zero-order valence-corrected chi connectivity index (χ0v) is 11.2. The first kappa shape index (κ1) is 12.4. The SMILES string of the molecule is Cc1ccc(CNC(=O)c2ccc3nccn3c2)cc1. The van der Waals surface area contributed by atoms with Crippen LogP contribution in [0.15, 0.2) is 55.0 Å². The maximum atomic E-state index is 12.1. The van der Waals surface area contributed by atoms with Gasteiger partial charge in [-0.1, -0.05) is 29.8 Å². The topological polar surface area (TPSA) is 46.4 Å². The van der Waals surface area contributed by atoms with Gasteiger partial charge in [-0.05, 0) is 24.6 Å². The van der Waals surface area contributed by atoms with E-state index in [1.807, 2.05) is 47.9 Å². The van der Waals surface area contributed by atoms with Gasteiger partial charge in [0.25, 0.3) is 5.91 Å². The number of amides is 1. The second-order valence-electron chi connectivity index (χ2n) is 4.78. The molecule has 2 heterocycles. The molecular formula is C16H15N3O. The number of hydrogen-bond donors (Lipinski definition) is 1. The van der Waals surface area contributed by atoms with Crippen LogP contribution in [0.2, 0.25) is 0 Å². The maximum absolute atomic E-state index is 12.1. The van der Waals surface area contributed by atoms with E-state index in [4.69, 9.17) is 0 Å². The molecule has 0 bridgehead atoms. The number of aromatic nitrogens is 2. The first-order valence-corrected chi connectivity index (χ1v) is 6.49. The van der Waals surface area contributed by atoms with Gasteiger partial charge in [0.1, 0.15) is 5.65 Å². The van der Waals surface area contributed by atoms with Gasteiger partial charge in [-0.25, -0.2) is 4.98 Å². The van der Waals surface area contributed by atoms with Gasteiger partial charge in [0.15, 0.2) is 0 Å². The van der Waals surface area contributed by atoms with Gasteiger partial charge in [-0.15, -0.1) is 0 Å². The van der Waals surface area contributed by atoms with Gasteiger partial charge in [0.05, 0.1) is 5.56 Å². The van der Waals surface area contributed by atoms with Crippen LogP contribution < -0.4 is 5.32 Å². The lowest BCUT2D eigenvalue weighted by molar-refractivity contribution is 0.0950. The summed E-state index contributed by atoms with van der Waals surface area (Å²) in [6.07, 6.45) is 5.32. The number of imidazole rings is 1. The molecule has 100 valence electrons. The minimum absolute atomic E-state index is 0.0822. The highest BCUT2D eigenvalue weighted by Crippen LogP contribution is 2.06. The van der Waals surface area contributed by atoms with Gasteiger partial charge in [0.2, 0.25) is 0 Å². The van der Waals surface area contributed by atoms with Crippen LogP contribution in [0.4, 0.5) is 0 Å². The number of rotatable bonds is 3. The number of carbonyl (C=O) groups excluding carboxylic acids is 1. The molecule has 4 nitrogen and oxygen atoms in total. The summed E-state index contributed by atoms with van der Waals surface area (Å²) in [5.41, 5.74) is 3.76. The molecule has 0 unspecified atom stereocenters. The normalized spacial score (nSPS) is 10.7. The van der Waals surface area contributed by atoms with Crippen LogP contribution in [-0.4, -0.2) is 15.3 Å². The van der Waals surface area contributed by atoms with E-state index >= 15 is 0 Å². The average Bonchev–Trinajstić information content (AvgIpc) is 2.93. The highest BCUT2D eigenvalue weighted by atomic mass is 16.1. The molecule has 0 fully saturated rings. The molecule has 0 aliphatic heterocycles. The Kier molecular flexibility index (Phi) is 3.21. The smallest absolute Gasteiger partial charge is 0.253 e. The summed E-state index contributed by atoms with van der Waals surface area (Å²) >= 11 is 0. The molecular weight excluding hydrogens is 250 g/mol. The van der Waals surface area contributed by atoms with Crippen LogP contribution in [0.5, 0.6) is 0 Å². The minimum Gasteiger partial charge on any atom is -0.348 e. The zero-order valence-electron chi connectivity index (χ0n) is 11.2. The number of carbonyl (C=O) groups is 1. The number of hydrogen-bond acceptors (Lipinski definition) is 2. The molecule has 0 aliphatic carbocycles. The number of nitrogens with one attached hydrogen (secondary N) is 1. The number of pyridine rings is 1. The Morgan fingerprint density at radius 3 is 2.80 bits per heavy atom. The fraction of sp³-hybridized carbons (Fsp3) is 0.125. The lowest BCUT2D eigenvalue weighted by atomic mass is 10.1. The van der Waals surface area contributed by atoms with Crippen molar-refractivity contribution in [2.75, 3.05) is 0 Å². The van der Waals surface area contributed by atoms with Crippen molar-refractivity contribution in [2.45, 2.75) is 13.5 Å². The first-order valence-electron chi connectivity index (χ1n) is 6.49. The Labute approximate surface area is 117 Å². The Bertz CT molecular complexity index is 744. The molecule has 3 rings (SSSR count). The molecule has 0 atom stereocenters. The largest absolute Gasteiger partial charge is 0.348 e. The van der Waals surface area contributed by atoms with E-state index in [9.17, 15) is 4.79 Å². The van der Waals surface area contributed by atoms with E-state index in [0.717, 1.165) is 11.2 Å². The zero-order chi connectivity index (χ0) is 13.9. The summed E-state index contributed by atoms with van der Waals surface area (Å²) in [5, 5.41) is 2.92. The van der Waals surface area contributed by atoms with Crippen molar-refractivity contribution >= 4 is 11.6 Å². The highest BCUT2D eigenvalue weighted by Gasteiger charge is 2.06. The quantitative estimate of drug-likeness (QED) is 0.791. The minimum atomic E-state index is -0.0822. The van der Waals surface area contributed by atoms with Crippen molar-refractivity contribution in [2.24, 2.45) is 0 Å². The molecule has 1 aromatic carbocycles. The predicted octanol–water partition coefficient (Wildman–Crippen LogP) is 2.57. The van der Waals surface area contributed by atoms with E-state index in [1.165, 1.54) is 5.56 Å². The fourth-order valence-electron chi connectivity index (χ4n) is 2.04. The van der Waals surface area contributed by atoms with Crippen molar-refractivity contribution in [3.63, 3.8) is 0 Å². The molecule has 0 saturated carbocycles. The second kappa shape index (κ2) is 5.17. The van der Waals surface area contributed by atoms with Crippen molar-refractivity contribution in [3.05, 3.63) is 71.7 Å². The lowest BCUT2D eigenvalue weighted by Gasteiger charge is -2.06. The molecule has 1 amide bonds. The first-order chi connectivity index (χ1) is 9.72. The Morgan fingerprint density at radius 1 is 1.20 bits per heavy atom. The van der Waals surface area contributed by atoms with Crippen molar-refractivity contribution in [1.29, 1.82) is 0 Å². The summed E-state index contributed by atoms with van der Waals surface area (Å²) in [6, 6.07) is 11.7. The van der Waals surface area contributed by atoms with E-state index in [0.29, 0.717) is 12.1 Å². The van der Waals surface area contributed by atoms with Crippen LogP contribution in [0.25, 0.3) is 5.65 Å². The van der Waals surface area contributed by atoms with Gasteiger partial charge in [0, 0.05) is 25.1 Å². The average molecular weight is 265 g/mol. The van der Waals surface area contributed by atoms with E-state index in [-0.39, 0.29) is 5.91 Å². The van der Waals surface area contributed by atoms with Crippen molar-refractivity contribution < 1.29 is 4.79 Å². The highest BCUT2D eigenvalue weighted by molar-refractivity contribution is 5.94. The van der Waals surface area contributed by atoms with Crippen LogP contribution in [-0.2, 0) is 6.54 Å². The molecule has 4 heteroatoms. The Morgan fingerprint density at radius 2 is 2.00 bits per heavy atom. The molecule has 2 aromatic heterocycles. The van der Waals surface area contributed by atoms with E-state index in [1.54, 1.807) is 18.5 Å². The van der Waals surface area contributed by atoms with Gasteiger partial charge >= 0.3 is 0 Å². The molecule has 0 saturated heterocycles. The Balaban J connectivity index is 1.70. The molecule has 3 aromatic rings. The van der Waals surface area contributed by atoms with E-state index < -0.39 is 0 Å². The summed E-state index contributed by atoms with van der Waals surface area (Å²) < 4.78 is 1.83. The Hall–Kier alpha value is -2.62. The summed E-state index contributed by atoms with van der Waals surface area (Å²) in [7, 11) is 0. The van der Waals surface area contributed by atoms with Gasteiger partial charge < -0.3 is 9.72 Å². The maximum Gasteiger partial charge on any atom is 0.253 e. The monoisotopic (exact) mass is 265 g/mol.